The van der Waals surface area contributed by atoms with Gasteiger partial charge in [-0.25, -0.2) is 0 Å². The summed E-state index contributed by atoms with van der Waals surface area (Å²) in [6, 6.07) is 16.5. The summed E-state index contributed by atoms with van der Waals surface area (Å²) in [5, 5.41) is 4.43. The molecule has 0 unspecified atom stereocenters. The molecule has 0 aliphatic carbocycles. The van der Waals surface area contributed by atoms with Gasteiger partial charge in [-0.3, -0.25) is 14.5 Å². The molecule has 2 amide bonds. The van der Waals surface area contributed by atoms with Crippen LogP contribution in [-0.4, -0.2) is 28.5 Å². The number of oxime groups is 1. The summed E-state index contributed by atoms with van der Waals surface area (Å²) in [6.45, 7) is 0.227. The van der Waals surface area contributed by atoms with Crippen molar-refractivity contribution in [3.8, 4) is 0 Å². The van der Waals surface area contributed by atoms with Crippen molar-refractivity contribution in [1.29, 1.82) is 0 Å². The molecule has 0 aromatic heterocycles. The number of fused-ring (bicyclic) bond motifs is 1. The summed E-state index contributed by atoms with van der Waals surface area (Å²) in [4.78, 5) is 31.8. The van der Waals surface area contributed by atoms with Crippen LogP contribution in [0.5, 0.6) is 0 Å². The van der Waals surface area contributed by atoms with Crippen LogP contribution in [0.15, 0.2) is 59.8 Å². The van der Waals surface area contributed by atoms with Crippen LogP contribution in [-0.2, 0) is 21.0 Å². The number of carbonyl (C=O) groups is 2. The zero-order valence-electron chi connectivity index (χ0n) is 12.6. The molecule has 2 aromatic rings. The number of nitrogens with zero attached hydrogens (tertiary/aromatic N) is 2. The quantitative estimate of drug-likeness (QED) is 0.807. The highest BCUT2D eigenvalue weighted by Crippen LogP contribution is 2.34. The third-order valence-corrected chi connectivity index (χ3v) is 4.57. The molecular weight excluding hydrogens is 328 g/mol. The van der Waals surface area contributed by atoms with E-state index in [1.807, 2.05) is 30.3 Å². The second-order valence-corrected chi connectivity index (χ2v) is 6.12. The van der Waals surface area contributed by atoms with Gasteiger partial charge in [0.2, 0.25) is 12.0 Å². The molecule has 2 aliphatic rings. The van der Waals surface area contributed by atoms with Crippen molar-refractivity contribution in [2.75, 3.05) is 0 Å². The number of amides is 2. The van der Waals surface area contributed by atoms with Crippen LogP contribution in [0.1, 0.15) is 11.1 Å². The molecule has 1 fully saturated rings. The number of likely N-dealkylation sites (tertiary alicyclic amines) is 1. The Bertz CT molecular complexity index is 850. The highest BCUT2D eigenvalue weighted by molar-refractivity contribution is 6.36. The molecule has 6 heteroatoms. The van der Waals surface area contributed by atoms with Gasteiger partial charge in [0, 0.05) is 10.6 Å². The number of hydrogen-bond acceptors (Lipinski definition) is 4. The molecular formula is C18H13ClN2O3. The molecule has 2 heterocycles. The second-order valence-electron chi connectivity index (χ2n) is 5.71. The zero-order chi connectivity index (χ0) is 16.7. The minimum atomic E-state index is -0.896. The molecule has 24 heavy (non-hydrogen) atoms. The first-order chi connectivity index (χ1) is 11.7. The molecule has 2 atom stereocenters. The van der Waals surface area contributed by atoms with Gasteiger partial charge in [0.15, 0.2) is 0 Å². The summed E-state index contributed by atoms with van der Waals surface area (Å²) in [7, 11) is 0. The van der Waals surface area contributed by atoms with E-state index >= 15 is 0 Å². The van der Waals surface area contributed by atoms with Gasteiger partial charge in [-0.2, -0.15) is 0 Å². The van der Waals surface area contributed by atoms with Crippen molar-refractivity contribution in [1.82, 2.24) is 4.90 Å². The highest BCUT2D eigenvalue weighted by Gasteiger charge is 2.55. The monoisotopic (exact) mass is 340 g/mol. The number of imide groups is 1. The Hall–Kier alpha value is -2.66. The molecule has 0 saturated carbocycles. The molecule has 0 spiro atoms. The Morgan fingerprint density at radius 1 is 1.00 bits per heavy atom. The van der Waals surface area contributed by atoms with E-state index in [-0.39, 0.29) is 18.4 Å². The van der Waals surface area contributed by atoms with Crippen LogP contribution in [0.4, 0.5) is 0 Å². The van der Waals surface area contributed by atoms with E-state index in [0.29, 0.717) is 16.3 Å². The van der Waals surface area contributed by atoms with Gasteiger partial charge in [-0.15, -0.1) is 0 Å². The smallest absolute Gasteiger partial charge is 0.274 e. The lowest BCUT2D eigenvalue weighted by atomic mass is 9.94. The Morgan fingerprint density at radius 2 is 1.71 bits per heavy atom. The molecule has 0 radical (unpaired) electrons. The Kier molecular flexibility index (Phi) is 3.58. The molecule has 4 rings (SSSR count). The van der Waals surface area contributed by atoms with E-state index in [2.05, 4.69) is 5.16 Å². The normalized spacial score (nSPS) is 22.4. The fourth-order valence-electron chi connectivity index (χ4n) is 3.05. The van der Waals surface area contributed by atoms with Gasteiger partial charge in [0.25, 0.3) is 5.91 Å². The fraction of sp³-hybridized carbons (Fsp3) is 0.167. The summed E-state index contributed by atoms with van der Waals surface area (Å²) < 4.78 is 0. The minimum Gasteiger partial charge on any atom is -0.381 e. The second kappa shape index (κ2) is 5.76. The van der Waals surface area contributed by atoms with Crippen molar-refractivity contribution in [2.24, 2.45) is 11.1 Å². The summed E-state index contributed by atoms with van der Waals surface area (Å²) in [5.74, 6) is -1.40. The highest BCUT2D eigenvalue weighted by atomic mass is 35.5. The van der Waals surface area contributed by atoms with Crippen molar-refractivity contribution in [2.45, 2.75) is 12.6 Å². The van der Waals surface area contributed by atoms with E-state index in [9.17, 15) is 9.59 Å². The first-order valence-electron chi connectivity index (χ1n) is 7.54. The maximum absolute atomic E-state index is 12.8. The van der Waals surface area contributed by atoms with Crippen molar-refractivity contribution >= 4 is 29.1 Å². The third-order valence-electron chi connectivity index (χ3n) is 4.24. The summed E-state index contributed by atoms with van der Waals surface area (Å²) in [6.07, 6.45) is -0.896. The van der Waals surface area contributed by atoms with Gasteiger partial charge < -0.3 is 4.84 Å². The first-order valence-corrected chi connectivity index (χ1v) is 7.92. The number of halogens is 1. The Labute approximate surface area is 143 Å². The standard InChI is InChI=1S/C18H13ClN2O3/c19-13-9-5-4-8-12(13)15-14-16(24-20-15)18(23)21(17(14)22)10-11-6-2-1-3-7-11/h1-9,14,16H,10H2/t14-,16-/m1/s1. The zero-order valence-corrected chi connectivity index (χ0v) is 13.3. The van der Waals surface area contributed by atoms with Crippen molar-refractivity contribution in [3.63, 3.8) is 0 Å². The number of carbonyl (C=O) groups excluding carboxylic acids is 2. The number of rotatable bonds is 3. The van der Waals surface area contributed by atoms with Crippen molar-refractivity contribution in [3.05, 3.63) is 70.7 Å². The van der Waals surface area contributed by atoms with Crippen LogP contribution in [0.25, 0.3) is 0 Å². The number of hydrogen-bond donors (Lipinski definition) is 0. The molecule has 120 valence electrons. The van der Waals surface area contributed by atoms with Gasteiger partial charge in [0.1, 0.15) is 11.6 Å². The predicted octanol–water partition coefficient (Wildman–Crippen LogP) is 2.63. The predicted molar refractivity (Wildman–Crippen MR) is 88.4 cm³/mol. The van der Waals surface area contributed by atoms with Crippen LogP contribution in [0.2, 0.25) is 5.02 Å². The van der Waals surface area contributed by atoms with Gasteiger partial charge in [-0.1, -0.05) is 65.3 Å². The lowest BCUT2D eigenvalue weighted by Gasteiger charge is -2.15. The lowest BCUT2D eigenvalue weighted by molar-refractivity contribution is -0.142. The van der Waals surface area contributed by atoms with Gasteiger partial charge >= 0.3 is 0 Å². The molecule has 5 nitrogen and oxygen atoms in total. The van der Waals surface area contributed by atoms with Crippen LogP contribution in [0, 0.1) is 5.92 Å². The Balaban J connectivity index is 1.64. The summed E-state index contributed by atoms with van der Waals surface area (Å²) in [5.41, 5.74) is 1.92. The lowest BCUT2D eigenvalue weighted by Crippen LogP contribution is -2.32. The molecule has 0 bridgehead atoms. The van der Waals surface area contributed by atoms with E-state index < -0.39 is 12.0 Å². The van der Waals surface area contributed by atoms with E-state index in [0.717, 1.165) is 5.56 Å². The van der Waals surface area contributed by atoms with Gasteiger partial charge in [-0.05, 0) is 11.6 Å². The third kappa shape index (κ3) is 2.29. The number of benzene rings is 2. The minimum absolute atomic E-state index is 0.227. The average Bonchev–Trinajstić information content (AvgIpc) is 3.13. The van der Waals surface area contributed by atoms with E-state index in [4.69, 9.17) is 16.4 Å². The van der Waals surface area contributed by atoms with Crippen LogP contribution >= 0.6 is 11.6 Å². The Morgan fingerprint density at radius 3 is 2.46 bits per heavy atom. The topological polar surface area (TPSA) is 59.0 Å². The fourth-order valence-corrected chi connectivity index (χ4v) is 3.28. The van der Waals surface area contributed by atoms with Gasteiger partial charge in [0.05, 0.1) is 6.54 Å². The summed E-state index contributed by atoms with van der Waals surface area (Å²) >= 11 is 6.20. The van der Waals surface area contributed by atoms with Crippen LogP contribution in [0.3, 0.4) is 0 Å². The maximum Gasteiger partial charge on any atom is 0.274 e. The molecule has 1 saturated heterocycles. The van der Waals surface area contributed by atoms with E-state index in [1.54, 1.807) is 24.3 Å². The SMILES string of the molecule is O=C1[C@@H]2C(c3ccccc3Cl)=NO[C@H]2C(=O)N1Cc1ccccc1. The van der Waals surface area contributed by atoms with E-state index in [1.165, 1.54) is 4.90 Å². The first kappa shape index (κ1) is 14.9. The molecule has 2 aromatic carbocycles. The largest absolute Gasteiger partial charge is 0.381 e. The maximum atomic E-state index is 12.8. The molecule has 2 aliphatic heterocycles. The average molecular weight is 341 g/mol. The van der Waals surface area contributed by atoms with Crippen molar-refractivity contribution < 1.29 is 14.4 Å². The van der Waals surface area contributed by atoms with Crippen LogP contribution < -0.4 is 0 Å². The molecule has 0 N–H and O–H groups in total.